The summed E-state index contributed by atoms with van der Waals surface area (Å²) in [5.74, 6) is -0.894. The Labute approximate surface area is 125 Å². The molecular weight excluding hydrogens is 262 g/mol. The molecule has 2 aromatic carbocycles. The van der Waals surface area contributed by atoms with E-state index in [9.17, 15) is 4.79 Å². The van der Waals surface area contributed by atoms with Crippen molar-refractivity contribution in [3.05, 3.63) is 70.8 Å². The van der Waals surface area contributed by atoms with Crippen molar-refractivity contribution >= 4 is 5.97 Å². The van der Waals surface area contributed by atoms with Gasteiger partial charge in [-0.2, -0.15) is 0 Å². The summed E-state index contributed by atoms with van der Waals surface area (Å²) in [6, 6.07) is 15.4. The fourth-order valence-electron chi connectivity index (χ4n) is 2.27. The molecule has 0 heterocycles. The molecule has 110 valence electrons. The van der Waals surface area contributed by atoms with Crippen LogP contribution < -0.4 is 5.32 Å². The van der Waals surface area contributed by atoms with Crippen LogP contribution in [0.5, 0.6) is 0 Å². The van der Waals surface area contributed by atoms with Crippen LogP contribution in [0.3, 0.4) is 0 Å². The van der Waals surface area contributed by atoms with Crippen molar-refractivity contribution in [1.82, 2.24) is 5.32 Å². The third kappa shape index (κ3) is 3.92. The summed E-state index contributed by atoms with van der Waals surface area (Å²) < 4.78 is 0. The predicted octanol–water partition coefficient (Wildman–Crippen LogP) is 3.72. The van der Waals surface area contributed by atoms with Crippen LogP contribution in [0.2, 0.25) is 0 Å². The van der Waals surface area contributed by atoms with Gasteiger partial charge in [-0.15, -0.1) is 0 Å². The Morgan fingerprint density at radius 3 is 2.52 bits per heavy atom. The van der Waals surface area contributed by atoms with E-state index in [0.29, 0.717) is 12.1 Å². The first-order chi connectivity index (χ1) is 9.88. The van der Waals surface area contributed by atoms with Crippen molar-refractivity contribution < 1.29 is 9.90 Å². The van der Waals surface area contributed by atoms with Gasteiger partial charge in [0, 0.05) is 12.1 Å². The summed E-state index contributed by atoms with van der Waals surface area (Å²) in [6.45, 7) is 6.96. The summed E-state index contributed by atoms with van der Waals surface area (Å²) in [5.41, 5.74) is 3.57. The zero-order chi connectivity index (χ0) is 15.5. The van der Waals surface area contributed by atoms with Gasteiger partial charge in [-0.3, -0.25) is 0 Å². The van der Waals surface area contributed by atoms with E-state index in [1.165, 1.54) is 11.1 Å². The lowest BCUT2D eigenvalue weighted by molar-refractivity contribution is 0.0696. The number of aryl methyl sites for hydroxylation is 1. The molecule has 2 N–H and O–H groups in total. The molecule has 21 heavy (non-hydrogen) atoms. The number of aromatic carboxylic acids is 1. The Kier molecular flexibility index (Phi) is 4.43. The van der Waals surface area contributed by atoms with Crippen LogP contribution in [-0.2, 0) is 12.1 Å². The Morgan fingerprint density at radius 2 is 1.86 bits per heavy atom. The maximum Gasteiger partial charge on any atom is 0.335 e. The highest BCUT2D eigenvalue weighted by molar-refractivity contribution is 5.87. The van der Waals surface area contributed by atoms with Crippen molar-refractivity contribution in [2.24, 2.45) is 0 Å². The summed E-state index contributed by atoms with van der Waals surface area (Å²) in [5, 5.41) is 12.5. The number of hydrogen-bond donors (Lipinski definition) is 2. The Bertz CT molecular complexity index is 647. The van der Waals surface area contributed by atoms with E-state index in [-0.39, 0.29) is 5.54 Å². The van der Waals surface area contributed by atoms with Crippen molar-refractivity contribution in [3.8, 4) is 0 Å². The van der Waals surface area contributed by atoms with Crippen LogP contribution in [0.1, 0.15) is 40.9 Å². The third-order valence-corrected chi connectivity index (χ3v) is 3.65. The summed E-state index contributed by atoms with van der Waals surface area (Å²) >= 11 is 0. The van der Waals surface area contributed by atoms with E-state index >= 15 is 0 Å². The highest BCUT2D eigenvalue weighted by Crippen LogP contribution is 2.21. The lowest BCUT2D eigenvalue weighted by Crippen LogP contribution is -2.36. The number of nitrogens with one attached hydrogen (secondary N) is 1. The molecule has 0 atom stereocenters. The maximum absolute atomic E-state index is 11.0. The van der Waals surface area contributed by atoms with Gasteiger partial charge in [0.2, 0.25) is 0 Å². The van der Waals surface area contributed by atoms with Gasteiger partial charge in [0.1, 0.15) is 0 Å². The van der Waals surface area contributed by atoms with Gasteiger partial charge in [0.15, 0.2) is 0 Å². The van der Waals surface area contributed by atoms with Gasteiger partial charge in [-0.25, -0.2) is 4.79 Å². The molecule has 0 saturated heterocycles. The number of benzene rings is 2. The van der Waals surface area contributed by atoms with Gasteiger partial charge in [-0.1, -0.05) is 42.0 Å². The molecule has 0 amide bonds. The highest BCUT2D eigenvalue weighted by atomic mass is 16.4. The largest absolute Gasteiger partial charge is 0.478 e. The first-order valence-electron chi connectivity index (χ1n) is 7.03. The van der Waals surface area contributed by atoms with E-state index in [2.05, 4.69) is 50.4 Å². The highest BCUT2D eigenvalue weighted by Gasteiger charge is 2.19. The number of carboxylic acid groups (broad SMARTS) is 1. The monoisotopic (exact) mass is 283 g/mol. The maximum atomic E-state index is 11.0. The average molecular weight is 283 g/mol. The van der Waals surface area contributed by atoms with Crippen LogP contribution in [-0.4, -0.2) is 11.1 Å². The zero-order valence-electron chi connectivity index (χ0n) is 12.7. The number of carbonyl (C=O) groups is 1. The Balaban J connectivity index is 2.11. The minimum absolute atomic E-state index is 0.175. The second-order valence-electron chi connectivity index (χ2n) is 5.85. The number of carboxylic acids is 1. The van der Waals surface area contributed by atoms with E-state index in [1.807, 2.05) is 6.07 Å². The Morgan fingerprint density at radius 1 is 1.14 bits per heavy atom. The molecule has 0 spiro atoms. The molecule has 3 nitrogen and oxygen atoms in total. The predicted molar refractivity (Wildman–Crippen MR) is 84.4 cm³/mol. The molecule has 2 rings (SSSR count). The summed E-state index contributed by atoms with van der Waals surface area (Å²) in [7, 11) is 0. The van der Waals surface area contributed by atoms with Gasteiger partial charge in [0.05, 0.1) is 5.56 Å². The van der Waals surface area contributed by atoms with Gasteiger partial charge in [0.25, 0.3) is 0 Å². The first kappa shape index (κ1) is 15.3. The number of rotatable bonds is 5. The van der Waals surface area contributed by atoms with Crippen molar-refractivity contribution in [1.29, 1.82) is 0 Å². The first-order valence-corrected chi connectivity index (χ1v) is 7.03. The lowest BCUT2D eigenvalue weighted by atomic mass is 9.92. The SMILES string of the molecule is Cc1cccc(C(C)(C)NCc2cccc(C(=O)O)c2)c1. The quantitative estimate of drug-likeness (QED) is 0.879. The van der Waals surface area contributed by atoms with Crippen LogP contribution in [0.25, 0.3) is 0 Å². The normalized spacial score (nSPS) is 11.4. The molecule has 0 aliphatic heterocycles. The second kappa shape index (κ2) is 6.10. The minimum Gasteiger partial charge on any atom is -0.478 e. The molecule has 0 bridgehead atoms. The molecule has 0 aliphatic carbocycles. The van der Waals surface area contributed by atoms with E-state index in [4.69, 9.17) is 5.11 Å². The number of hydrogen-bond acceptors (Lipinski definition) is 2. The molecular formula is C18H21NO2. The van der Waals surface area contributed by atoms with Crippen LogP contribution >= 0.6 is 0 Å². The van der Waals surface area contributed by atoms with E-state index in [1.54, 1.807) is 18.2 Å². The molecule has 3 heteroatoms. The van der Waals surface area contributed by atoms with E-state index < -0.39 is 5.97 Å². The average Bonchev–Trinajstić information content (AvgIpc) is 2.45. The van der Waals surface area contributed by atoms with Crippen molar-refractivity contribution in [2.45, 2.75) is 32.9 Å². The minimum atomic E-state index is -0.894. The van der Waals surface area contributed by atoms with Crippen LogP contribution in [0, 0.1) is 6.92 Å². The van der Waals surface area contributed by atoms with Crippen LogP contribution in [0.4, 0.5) is 0 Å². The second-order valence-corrected chi connectivity index (χ2v) is 5.85. The molecule has 0 aliphatic rings. The summed E-state index contributed by atoms with van der Waals surface area (Å²) in [6.07, 6.45) is 0. The van der Waals surface area contributed by atoms with E-state index in [0.717, 1.165) is 5.56 Å². The molecule has 2 aromatic rings. The molecule has 0 radical (unpaired) electrons. The smallest absolute Gasteiger partial charge is 0.335 e. The fraction of sp³-hybridized carbons (Fsp3) is 0.278. The topological polar surface area (TPSA) is 49.3 Å². The fourth-order valence-corrected chi connectivity index (χ4v) is 2.27. The lowest BCUT2D eigenvalue weighted by Gasteiger charge is -2.27. The molecule has 0 unspecified atom stereocenters. The van der Waals surface area contributed by atoms with Gasteiger partial charge < -0.3 is 10.4 Å². The summed E-state index contributed by atoms with van der Waals surface area (Å²) in [4.78, 5) is 11.0. The Hall–Kier alpha value is -2.13. The van der Waals surface area contributed by atoms with Gasteiger partial charge >= 0.3 is 5.97 Å². The third-order valence-electron chi connectivity index (χ3n) is 3.65. The van der Waals surface area contributed by atoms with Crippen molar-refractivity contribution in [2.75, 3.05) is 0 Å². The standard InChI is InChI=1S/C18H21NO2/c1-13-6-4-9-16(10-13)18(2,3)19-12-14-7-5-8-15(11-14)17(20)21/h4-11,19H,12H2,1-3H3,(H,20,21). The van der Waals surface area contributed by atoms with Gasteiger partial charge in [-0.05, 0) is 44.0 Å². The van der Waals surface area contributed by atoms with Crippen LogP contribution in [0.15, 0.2) is 48.5 Å². The molecule has 0 saturated carbocycles. The zero-order valence-corrected chi connectivity index (χ0v) is 12.7. The molecule has 0 fully saturated rings. The van der Waals surface area contributed by atoms with Crippen molar-refractivity contribution in [3.63, 3.8) is 0 Å². The molecule has 0 aromatic heterocycles.